The molecule has 0 unspecified atom stereocenters. The maximum Gasteiger partial charge on any atom is 0.225 e. The number of nitrogens with zero attached hydrogens (tertiary/aromatic N) is 2. The van der Waals surface area contributed by atoms with E-state index in [1.807, 2.05) is 48.5 Å². The number of fused-ring (bicyclic) bond motifs is 1. The molecular weight excluding hydrogens is 304 g/mol. The molecule has 6 nitrogen and oxygen atoms in total. The summed E-state index contributed by atoms with van der Waals surface area (Å²) in [6.07, 6.45) is 0. The Morgan fingerprint density at radius 2 is 1.83 bits per heavy atom. The summed E-state index contributed by atoms with van der Waals surface area (Å²) in [6.45, 7) is 1.70. The predicted molar refractivity (Wildman–Crippen MR) is 95.1 cm³/mol. The molecule has 6 heteroatoms. The van der Waals surface area contributed by atoms with Crippen molar-refractivity contribution in [3.05, 3.63) is 54.1 Å². The van der Waals surface area contributed by atoms with Crippen LogP contribution >= 0.6 is 0 Å². The highest BCUT2D eigenvalue weighted by Gasteiger charge is 2.04. The van der Waals surface area contributed by atoms with Crippen molar-refractivity contribution in [1.29, 1.82) is 0 Å². The fourth-order valence-electron chi connectivity index (χ4n) is 2.33. The third-order valence-corrected chi connectivity index (χ3v) is 3.59. The van der Waals surface area contributed by atoms with E-state index in [4.69, 9.17) is 15.2 Å². The van der Waals surface area contributed by atoms with Crippen LogP contribution in [0.15, 0.2) is 48.5 Å². The van der Waals surface area contributed by atoms with E-state index in [-0.39, 0.29) is 0 Å². The van der Waals surface area contributed by atoms with Gasteiger partial charge in [0.15, 0.2) is 0 Å². The first-order valence-electron chi connectivity index (χ1n) is 7.73. The van der Waals surface area contributed by atoms with Crippen molar-refractivity contribution in [2.24, 2.45) is 0 Å². The van der Waals surface area contributed by atoms with Crippen LogP contribution in [0.5, 0.6) is 5.75 Å². The van der Waals surface area contributed by atoms with Gasteiger partial charge in [-0.05, 0) is 29.8 Å². The smallest absolute Gasteiger partial charge is 0.225 e. The molecule has 0 atom stereocenters. The number of anilines is 2. The quantitative estimate of drug-likeness (QED) is 0.650. The van der Waals surface area contributed by atoms with Gasteiger partial charge in [0, 0.05) is 11.9 Å². The van der Waals surface area contributed by atoms with E-state index < -0.39 is 0 Å². The second-order valence-corrected chi connectivity index (χ2v) is 5.28. The summed E-state index contributed by atoms with van der Waals surface area (Å²) < 4.78 is 10.8. The van der Waals surface area contributed by atoms with Gasteiger partial charge in [-0.15, -0.1) is 0 Å². The molecule has 0 saturated heterocycles. The van der Waals surface area contributed by atoms with Crippen molar-refractivity contribution in [2.75, 3.05) is 31.3 Å². The van der Waals surface area contributed by atoms with Gasteiger partial charge in [0.25, 0.3) is 0 Å². The third kappa shape index (κ3) is 3.91. The third-order valence-electron chi connectivity index (χ3n) is 3.59. The van der Waals surface area contributed by atoms with Gasteiger partial charge in [-0.3, -0.25) is 0 Å². The lowest BCUT2D eigenvalue weighted by molar-refractivity contribution is 0.130. The number of benzene rings is 2. The number of nitrogen functional groups attached to an aromatic ring is 1. The van der Waals surface area contributed by atoms with E-state index in [9.17, 15) is 0 Å². The van der Waals surface area contributed by atoms with Crippen LogP contribution in [0.2, 0.25) is 0 Å². The van der Waals surface area contributed by atoms with Gasteiger partial charge < -0.3 is 20.5 Å². The predicted octanol–water partition coefficient (Wildman–Crippen LogP) is 2.85. The topological polar surface area (TPSA) is 82.3 Å². The van der Waals surface area contributed by atoms with E-state index in [1.165, 1.54) is 0 Å². The second kappa shape index (κ2) is 7.61. The Morgan fingerprint density at radius 1 is 1.04 bits per heavy atom. The van der Waals surface area contributed by atoms with Crippen LogP contribution < -0.4 is 15.8 Å². The largest absolute Gasteiger partial charge is 0.497 e. The van der Waals surface area contributed by atoms with Crippen molar-refractivity contribution >= 4 is 22.7 Å². The van der Waals surface area contributed by atoms with E-state index in [0.717, 1.165) is 22.2 Å². The highest BCUT2D eigenvalue weighted by atomic mass is 16.5. The summed E-state index contributed by atoms with van der Waals surface area (Å²) in [5.41, 5.74) is 7.88. The lowest BCUT2D eigenvalue weighted by atomic mass is 10.2. The maximum atomic E-state index is 5.95. The number of hydrogen-bond acceptors (Lipinski definition) is 6. The van der Waals surface area contributed by atoms with E-state index in [1.54, 1.807) is 7.11 Å². The number of nitrogens with two attached hydrogens (primary N) is 1. The molecule has 0 bridgehead atoms. The van der Waals surface area contributed by atoms with Crippen LogP contribution in [-0.2, 0) is 11.3 Å². The van der Waals surface area contributed by atoms with Crippen molar-refractivity contribution < 1.29 is 9.47 Å². The zero-order valence-electron chi connectivity index (χ0n) is 13.5. The SMILES string of the molecule is COc1ccc(COCCNc2nc(N)c3ccccc3n2)cc1. The van der Waals surface area contributed by atoms with Gasteiger partial charge in [-0.25, -0.2) is 4.98 Å². The van der Waals surface area contributed by atoms with E-state index in [2.05, 4.69) is 15.3 Å². The molecule has 0 amide bonds. The first kappa shape index (κ1) is 16.0. The Morgan fingerprint density at radius 3 is 2.62 bits per heavy atom. The van der Waals surface area contributed by atoms with Crippen molar-refractivity contribution in [3.63, 3.8) is 0 Å². The number of rotatable bonds is 7. The lowest BCUT2D eigenvalue weighted by Crippen LogP contribution is -2.12. The Labute approximate surface area is 140 Å². The van der Waals surface area contributed by atoms with Gasteiger partial charge in [0.1, 0.15) is 11.6 Å². The highest BCUT2D eigenvalue weighted by Crippen LogP contribution is 2.18. The van der Waals surface area contributed by atoms with Crippen LogP contribution in [0.3, 0.4) is 0 Å². The molecule has 3 aromatic rings. The molecule has 1 aromatic heterocycles. The van der Waals surface area contributed by atoms with Crippen molar-refractivity contribution in [1.82, 2.24) is 9.97 Å². The fraction of sp³-hybridized carbons (Fsp3) is 0.222. The molecule has 0 aliphatic heterocycles. The summed E-state index contributed by atoms with van der Waals surface area (Å²) >= 11 is 0. The molecule has 3 rings (SSSR count). The molecule has 0 aliphatic rings. The van der Waals surface area contributed by atoms with Crippen molar-refractivity contribution in [2.45, 2.75) is 6.61 Å². The van der Waals surface area contributed by atoms with Crippen LogP contribution in [0, 0.1) is 0 Å². The summed E-state index contributed by atoms with van der Waals surface area (Å²) in [7, 11) is 1.65. The Kier molecular flexibility index (Phi) is 5.08. The molecule has 2 aromatic carbocycles. The molecule has 0 aliphatic carbocycles. The number of nitrogens with one attached hydrogen (secondary N) is 1. The monoisotopic (exact) mass is 324 g/mol. The molecule has 0 fully saturated rings. The zero-order chi connectivity index (χ0) is 16.8. The van der Waals surface area contributed by atoms with Gasteiger partial charge in [-0.1, -0.05) is 24.3 Å². The Balaban J connectivity index is 1.48. The maximum absolute atomic E-state index is 5.95. The van der Waals surface area contributed by atoms with Crippen LogP contribution in [-0.4, -0.2) is 30.2 Å². The van der Waals surface area contributed by atoms with Gasteiger partial charge >= 0.3 is 0 Å². The minimum Gasteiger partial charge on any atom is -0.497 e. The van der Waals surface area contributed by atoms with Gasteiger partial charge in [0.2, 0.25) is 5.95 Å². The van der Waals surface area contributed by atoms with Crippen LogP contribution in [0.1, 0.15) is 5.56 Å². The van der Waals surface area contributed by atoms with Crippen molar-refractivity contribution in [3.8, 4) is 5.75 Å². The van der Waals surface area contributed by atoms with Crippen LogP contribution in [0.4, 0.5) is 11.8 Å². The second-order valence-electron chi connectivity index (χ2n) is 5.28. The minimum absolute atomic E-state index is 0.474. The molecule has 0 saturated carbocycles. The number of para-hydroxylation sites is 1. The minimum atomic E-state index is 0.474. The average molecular weight is 324 g/mol. The normalized spacial score (nSPS) is 10.7. The number of methoxy groups -OCH3 is 1. The summed E-state index contributed by atoms with van der Waals surface area (Å²) in [4.78, 5) is 8.70. The Hall–Kier alpha value is -2.86. The summed E-state index contributed by atoms with van der Waals surface area (Å²) in [6, 6.07) is 15.5. The zero-order valence-corrected chi connectivity index (χ0v) is 13.5. The molecule has 0 radical (unpaired) electrons. The number of hydrogen-bond donors (Lipinski definition) is 2. The summed E-state index contributed by atoms with van der Waals surface area (Å²) in [5.74, 6) is 1.83. The molecule has 124 valence electrons. The van der Waals surface area contributed by atoms with Crippen LogP contribution in [0.25, 0.3) is 10.9 Å². The number of aromatic nitrogens is 2. The molecular formula is C18H20N4O2. The van der Waals surface area contributed by atoms with Gasteiger partial charge in [0.05, 0.1) is 25.8 Å². The van der Waals surface area contributed by atoms with E-state index in [0.29, 0.717) is 31.5 Å². The van der Waals surface area contributed by atoms with Gasteiger partial charge in [-0.2, -0.15) is 4.98 Å². The Bertz CT molecular complexity index is 806. The molecule has 1 heterocycles. The highest BCUT2D eigenvalue weighted by molar-refractivity contribution is 5.88. The van der Waals surface area contributed by atoms with E-state index >= 15 is 0 Å². The molecule has 3 N–H and O–H groups in total. The first-order chi connectivity index (χ1) is 11.8. The standard InChI is InChI=1S/C18H20N4O2/c1-23-14-8-6-13(7-9-14)12-24-11-10-20-18-21-16-5-3-2-4-15(16)17(19)22-18/h2-9H,10-12H2,1H3,(H3,19,20,21,22). The lowest BCUT2D eigenvalue weighted by Gasteiger charge is -2.08. The molecule has 24 heavy (non-hydrogen) atoms. The fourth-order valence-corrected chi connectivity index (χ4v) is 2.33. The number of ether oxygens (including phenoxy) is 2. The summed E-state index contributed by atoms with van der Waals surface area (Å²) in [5, 5.41) is 3.99. The first-order valence-corrected chi connectivity index (χ1v) is 7.73. The molecule has 0 spiro atoms. The average Bonchev–Trinajstić information content (AvgIpc) is 2.62.